The van der Waals surface area contributed by atoms with Crippen molar-refractivity contribution in [2.75, 3.05) is 18.0 Å². The molecular weight excluding hydrogens is 391 g/mol. The van der Waals surface area contributed by atoms with Crippen LogP contribution in [0.3, 0.4) is 0 Å². The molecule has 0 saturated carbocycles. The molecule has 30 heavy (non-hydrogen) atoms. The number of nitrogens with zero attached hydrogens (tertiary/aromatic N) is 5. The minimum absolute atomic E-state index is 0.350. The predicted molar refractivity (Wildman–Crippen MR) is 109 cm³/mol. The summed E-state index contributed by atoms with van der Waals surface area (Å²) in [4.78, 5) is 7.16. The summed E-state index contributed by atoms with van der Waals surface area (Å²) in [6, 6.07) is 13.0. The van der Waals surface area contributed by atoms with Gasteiger partial charge in [0.25, 0.3) is 0 Å². The van der Waals surface area contributed by atoms with Gasteiger partial charge in [-0.1, -0.05) is 42.3 Å². The van der Waals surface area contributed by atoms with Crippen molar-refractivity contribution in [2.45, 2.75) is 31.9 Å². The Kier molecular flexibility index (Phi) is 4.56. The van der Waals surface area contributed by atoms with Crippen molar-refractivity contribution in [2.24, 2.45) is 0 Å². The second kappa shape index (κ2) is 7.27. The molecule has 1 fully saturated rings. The SMILES string of the molecule is FC(F)(F)c1cccc(-c2nnn3c2nc(N2CCCCCC2)c2ccccc23)c1. The third-order valence-corrected chi connectivity index (χ3v) is 5.60. The van der Waals surface area contributed by atoms with E-state index in [0.29, 0.717) is 16.9 Å². The van der Waals surface area contributed by atoms with Gasteiger partial charge in [-0.3, -0.25) is 0 Å². The van der Waals surface area contributed by atoms with Crippen LogP contribution in [0.4, 0.5) is 19.0 Å². The number of anilines is 1. The Balaban J connectivity index is 1.73. The molecule has 1 aliphatic heterocycles. The summed E-state index contributed by atoms with van der Waals surface area (Å²) in [6.07, 6.45) is 0.162. The zero-order chi connectivity index (χ0) is 20.7. The maximum absolute atomic E-state index is 13.2. The van der Waals surface area contributed by atoms with Gasteiger partial charge in [0.15, 0.2) is 5.65 Å². The maximum atomic E-state index is 13.2. The number of alkyl halides is 3. The molecule has 2 aromatic heterocycles. The highest BCUT2D eigenvalue weighted by atomic mass is 19.4. The number of fused-ring (bicyclic) bond motifs is 3. The zero-order valence-electron chi connectivity index (χ0n) is 16.2. The first-order chi connectivity index (χ1) is 14.5. The van der Waals surface area contributed by atoms with E-state index in [-0.39, 0.29) is 0 Å². The van der Waals surface area contributed by atoms with Gasteiger partial charge in [0, 0.05) is 24.0 Å². The monoisotopic (exact) mass is 411 g/mol. The van der Waals surface area contributed by atoms with Gasteiger partial charge in [-0.15, -0.1) is 5.10 Å². The van der Waals surface area contributed by atoms with E-state index >= 15 is 0 Å². The molecule has 5 nitrogen and oxygen atoms in total. The van der Waals surface area contributed by atoms with Crippen LogP contribution in [0.2, 0.25) is 0 Å². The van der Waals surface area contributed by atoms with Gasteiger partial charge >= 0.3 is 6.18 Å². The fourth-order valence-electron chi connectivity index (χ4n) is 4.10. The molecule has 0 spiro atoms. The number of hydrogen-bond donors (Lipinski definition) is 0. The Labute approximate surface area is 171 Å². The topological polar surface area (TPSA) is 46.3 Å². The third kappa shape index (κ3) is 3.26. The molecule has 1 saturated heterocycles. The number of para-hydroxylation sites is 1. The van der Waals surface area contributed by atoms with E-state index in [1.165, 1.54) is 18.9 Å². The number of halogens is 3. The predicted octanol–water partition coefficient (Wildman–Crippen LogP) is 5.34. The van der Waals surface area contributed by atoms with Gasteiger partial charge in [0.1, 0.15) is 11.5 Å². The molecule has 0 bridgehead atoms. The molecule has 0 radical (unpaired) electrons. The van der Waals surface area contributed by atoms with Crippen molar-refractivity contribution < 1.29 is 13.2 Å². The summed E-state index contributed by atoms with van der Waals surface area (Å²) in [5, 5.41) is 9.40. The fraction of sp³-hybridized carbons (Fsp3) is 0.318. The van der Waals surface area contributed by atoms with Gasteiger partial charge in [-0.25, -0.2) is 4.98 Å². The van der Waals surface area contributed by atoms with Crippen LogP contribution in [0.25, 0.3) is 27.8 Å². The second-order valence-electron chi connectivity index (χ2n) is 7.61. The molecule has 0 aliphatic carbocycles. The van der Waals surface area contributed by atoms with E-state index in [9.17, 15) is 13.2 Å². The quantitative estimate of drug-likeness (QED) is 0.447. The molecule has 0 unspecified atom stereocenters. The highest BCUT2D eigenvalue weighted by Gasteiger charge is 2.31. The van der Waals surface area contributed by atoms with Crippen LogP contribution in [-0.4, -0.2) is 32.9 Å². The van der Waals surface area contributed by atoms with Crippen molar-refractivity contribution in [1.29, 1.82) is 0 Å². The van der Waals surface area contributed by atoms with Crippen LogP contribution in [0.1, 0.15) is 31.2 Å². The molecule has 3 heterocycles. The molecule has 5 rings (SSSR count). The standard InChI is InChI=1S/C22H20F3N5/c23-22(24,25)16-9-7-8-15(14-16)19-21-26-20(29-12-5-1-2-6-13-29)17-10-3-4-11-18(17)30(21)28-27-19/h3-4,7-11,14H,1-2,5-6,12-13H2. The molecule has 2 aromatic carbocycles. The van der Waals surface area contributed by atoms with Gasteiger partial charge in [0.2, 0.25) is 0 Å². The summed E-state index contributed by atoms with van der Waals surface area (Å²) >= 11 is 0. The first-order valence-corrected chi connectivity index (χ1v) is 10.1. The average molecular weight is 411 g/mol. The Hall–Kier alpha value is -3.16. The third-order valence-electron chi connectivity index (χ3n) is 5.60. The lowest BCUT2D eigenvalue weighted by molar-refractivity contribution is -0.137. The smallest absolute Gasteiger partial charge is 0.356 e. The van der Waals surface area contributed by atoms with Crippen molar-refractivity contribution in [3.63, 3.8) is 0 Å². The summed E-state index contributed by atoms with van der Waals surface area (Å²) in [5.41, 5.74) is 1.29. The van der Waals surface area contributed by atoms with Crippen molar-refractivity contribution in [3.8, 4) is 11.3 Å². The molecule has 0 N–H and O–H groups in total. The Morgan fingerprint density at radius 3 is 2.40 bits per heavy atom. The highest BCUT2D eigenvalue weighted by molar-refractivity contribution is 5.93. The number of aromatic nitrogens is 4. The van der Waals surface area contributed by atoms with E-state index in [1.807, 2.05) is 24.3 Å². The molecule has 4 aromatic rings. The number of benzene rings is 2. The van der Waals surface area contributed by atoms with E-state index in [1.54, 1.807) is 10.6 Å². The van der Waals surface area contributed by atoms with Crippen LogP contribution < -0.4 is 4.90 Å². The zero-order valence-corrected chi connectivity index (χ0v) is 16.2. The Morgan fingerprint density at radius 2 is 1.63 bits per heavy atom. The largest absolute Gasteiger partial charge is 0.416 e. The first-order valence-electron chi connectivity index (χ1n) is 10.1. The average Bonchev–Trinajstić information content (AvgIpc) is 2.99. The minimum Gasteiger partial charge on any atom is -0.356 e. The lowest BCUT2D eigenvalue weighted by Gasteiger charge is -2.23. The number of hydrogen-bond acceptors (Lipinski definition) is 4. The van der Waals surface area contributed by atoms with Crippen molar-refractivity contribution in [1.82, 2.24) is 19.8 Å². The fourth-order valence-corrected chi connectivity index (χ4v) is 4.10. The Bertz CT molecular complexity index is 1210. The van der Waals surface area contributed by atoms with Gasteiger partial charge in [0.05, 0.1) is 11.1 Å². The Morgan fingerprint density at radius 1 is 0.867 bits per heavy atom. The highest BCUT2D eigenvalue weighted by Crippen LogP contribution is 2.34. The molecule has 0 atom stereocenters. The summed E-state index contributed by atoms with van der Waals surface area (Å²) in [6.45, 7) is 1.82. The van der Waals surface area contributed by atoms with Gasteiger partial charge in [-0.2, -0.15) is 17.7 Å². The normalized spacial score (nSPS) is 15.6. The van der Waals surface area contributed by atoms with Crippen LogP contribution >= 0.6 is 0 Å². The van der Waals surface area contributed by atoms with Crippen LogP contribution in [0, 0.1) is 0 Å². The molecule has 154 valence electrons. The summed E-state index contributed by atoms with van der Waals surface area (Å²) < 4.78 is 41.3. The molecule has 8 heteroatoms. The van der Waals surface area contributed by atoms with Crippen molar-refractivity contribution >= 4 is 22.4 Å². The molecular formula is C22H20F3N5. The summed E-state index contributed by atoms with van der Waals surface area (Å²) in [5.74, 6) is 0.843. The van der Waals surface area contributed by atoms with Crippen molar-refractivity contribution in [3.05, 3.63) is 54.1 Å². The van der Waals surface area contributed by atoms with Gasteiger partial charge in [-0.05, 0) is 37.1 Å². The number of rotatable bonds is 2. The first kappa shape index (κ1) is 18.8. The van der Waals surface area contributed by atoms with E-state index in [4.69, 9.17) is 4.98 Å². The van der Waals surface area contributed by atoms with E-state index in [2.05, 4.69) is 15.2 Å². The van der Waals surface area contributed by atoms with E-state index < -0.39 is 11.7 Å². The lowest BCUT2D eigenvalue weighted by atomic mass is 10.1. The molecule has 1 aliphatic rings. The summed E-state index contributed by atoms with van der Waals surface area (Å²) in [7, 11) is 0. The van der Waals surface area contributed by atoms with Crippen LogP contribution in [0.15, 0.2) is 48.5 Å². The van der Waals surface area contributed by atoms with Crippen LogP contribution in [-0.2, 0) is 6.18 Å². The lowest BCUT2D eigenvalue weighted by Crippen LogP contribution is -2.25. The van der Waals surface area contributed by atoms with Crippen LogP contribution in [0.5, 0.6) is 0 Å². The second-order valence-corrected chi connectivity index (χ2v) is 7.61. The maximum Gasteiger partial charge on any atom is 0.416 e. The van der Waals surface area contributed by atoms with Gasteiger partial charge < -0.3 is 4.90 Å². The molecule has 0 amide bonds. The minimum atomic E-state index is -4.42. The van der Waals surface area contributed by atoms with E-state index in [0.717, 1.165) is 54.8 Å².